The fraction of sp³-hybridized carbons (Fsp3) is 0.476. The van der Waals surface area contributed by atoms with Crippen molar-refractivity contribution in [2.24, 2.45) is 0 Å². The number of imidazole rings is 2. The maximum Gasteiger partial charge on any atom is 0.329 e. The van der Waals surface area contributed by atoms with Crippen molar-refractivity contribution in [2.75, 3.05) is 0 Å². The molecule has 0 unspecified atom stereocenters. The van der Waals surface area contributed by atoms with Crippen LogP contribution in [0.3, 0.4) is 0 Å². The van der Waals surface area contributed by atoms with Gasteiger partial charge in [-0.3, -0.25) is 13.9 Å². The third-order valence-corrected chi connectivity index (χ3v) is 5.36. The lowest BCUT2D eigenvalue weighted by Gasteiger charge is -2.11. The van der Waals surface area contributed by atoms with E-state index in [9.17, 15) is 9.59 Å². The van der Waals surface area contributed by atoms with Crippen molar-refractivity contribution < 1.29 is 4.79 Å². The Morgan fingerprint density at radius 3 is 2.61 bits per heavy atom. The highest BCUT2D eigenvalue weighted by Crippen LogP contribution is 2.15. The van der Waals surface area contributed by atoms with E-state index in [-0.39, 0.29) is 18.0 Å². The molecule has 1 aliphatic rings. The Bertz CT molecular complexity index is 1020. The van der Waals surface area contributed by atoms with Gasteiger partial charge in [-0.05, 0) is 31.4 Å². The summed E-state index contributed by atoms with van der Waals surface area (Å²) in [5, 5.41) is 2.94. The van der Waals surface area contributed by atoms with Crippen molar-refractivity contribution in [2.45, 2.75) is 65.2 Å². The molecule has 1 aromatic carbocycles. The van der Waals surface area contributed by atoms with Gasteiger partial charge in [-0.15, -0.1) is 0 Å². The minimum atomic E-state index is -0.0646. The first-order valence-electron chi connectivity index (χ1n) is 10.2. The third-order valence-electron chi connectivity index (χ3n) is 5.36. The summed E-state index contributed by atoms with van der Waals surface area (Å²) in [5.41, 5.74) is 2.67. The van der Waals surface area contributed by atoms with E-state index < -0.39 is 0 Å². The molecule has 1 aliphatic heterocycles. The predicted molar refractivity (Wildman–Crippen MR) is 108 cm³/mol. The summed E-state index contributed by atoms with van der Waals surface area (Å²) in [6.45, 7) is 4.57. The lowest BCUT2D eigenvalue weighted by Crippen LogP contribution is -2.28. The Morgan fingerprint density at radius 1 is 1.14 bits per heavy atom. The summed E-state index contributed by atoms with van der Waals surface area (Å²) in [5.74, 6) is 1.05. The van der Waals surface area contributed by atoms with Crippen molar-refractivity contribution >= 4 is 16.9 Å². The SMILES string of the molecule is CCCn1c(=O)n(CCC(=O)NCc2cn3c(n2)CCCC3)c2ccccc21. The van der Waals surface area contributed by atoms with Crippen LogP contribution in [0.4, 0.5) is 0 Å². The van der Waals surface area contributed by atoms with Crippen molar-refractivity contribution in [3.63, 3.8) is 0 Å². The number of carbonyl (C=O) groups excluding carboxylic acids is 1. The number of hydrogen-bond donors (Lipinski definition) is 1. The number of amides is 1. The molecule has 0 fully saturated rings. The summed E-state index contributed by atoms with van der Waals surface area (Å²) in [6.07, 6.45) is 6.59. The summed E-state index contributed by atoms with van der Waals surface area (Å²) >= 11 is 0. The molecule has 1 amide bonds. The lowest BCUT2D eigenvalue weighted by molar-refractivity contribution is -0.121. The molecule has 4 rings (SSSR count). The third kappa shape index (κ3) is 3.61. The highest BCUT2D eigenvalue weighted by atomic mass is 16.2. The number of nitrogens with zero attached hydrogens (tertiary/aromatic N) is 4. The van der Waals surface area contributed by atoms with Crippen molar-refractivity contribution in [1.29, 1.82) is 0 Å². The van der Waals surface area contributed by atoms with E-state index in [2.05, 4.69) is 21.8 Å². The zero-order valence-corrected chi connectivity index (χ0v) is 16.4. The zero-order chi connectivity index (χ0) is 19.5. The van der Waals surface area contributed by atoms with E-state index in [1.807, 2.05) is 30.5 Å². The number of nitrogens with one attached hydrogen (secondary N) is 1. The first kappa shape index (κ1) is 18.5. The monoisotopic (exact) mass is 381 g/mol. The Hall–Kier alpha value is -2.83. The van der Waals surface area contributed by atoms with Gasteiger partial charge in [0.2, 0.25) is 5.91 Å². The summed E-state index contributed by atoms with van der Waals surface area (Å²) in [6, 6.07) is 7.77. The van der Waals surface area contributed by atoms with Crippen molar-refractivity contribution in [3.05, 3.63) is 52.5 Å². The van der Waals surface area contributed by atoms with Gasteiger partial charge in [0.1, 0.15) is 5.82 Å². The second-order valence-electron chi connectivity index (χ2n) is 7.40. The Morgan fingerprint density at radius 2 is 1.89 bits per heavy atom. The number of carbonyl (C=O) groups is 1. The standard InChI is InChI=1S/C21H27N5O2/c1-2-11-25-17-7-3-4-8-18(17)26(21(25)28)13-10-20(27)22-14-16-15-24-12-6-5-9-19(24)23-16/h3-4,7-8,15H,2,5-6,9-14H2,1H3,(H,22,27). The molecular weight excluding hydrogens is 354 g/mol. The zero-order valence-electron chi connectivity index (χ0n) is 16.4. The molecule has 148 valence electrons. The Balaban J connectivity index is 1.40. The molecule has 0 spiro atoms. The minimum absolute atomic E-state index is 0.0439. The van der Waals surface area contributed by atoms with Gasteiger partial charge in [-0.2, -0.15) is 0 Å². The van der Waals surface area contributed by atoms with Crippen LogP contribution >= 0.6 is 0 Å². The van der Waals surface area contributed by atoms with E-state index in [0.717, 1.165) is 41.9 Å². The molecule has 3 aromatic rings. The van der Waals surface area contributed by atoms with Gasteiger partial charge in [-0.25, -0.2) is 9.78 Å². The molecule has 0 saturated heterocycles. The molecule has 1 N–H and O–H groups in total. The molecule has 7 heteroatoms. The number of para-hydroxylation sites is 2. The molecule has 28 heavy (non-hydrogen) atoms. The van der Waals surface area contributed by atoms with Crippen molar-refractivity contribution in [1.82, 2.24) is 24.0 Å². The van der Waals surface area contributed by atoms with Crippen LogP contribution in [0.15, 0.2) is 35.3 Å². The normalized spacial score (nSPS) is 13.6. The van der Waals surface area contributed by atoms with Crippen molar-refractivity contribution in [3.8, 4) is 0 Å². The maximum atomic E-state index is 12.8. The van der Waals surface area contributed by atoms with Crippen LogP contribution in [0.25, 0.3) is 11.0 Å². The molecule has 7 nitrogen and oxygen atoms in total. The van der Waals surface area contributed by atoms with Gasteiger partial charge in [0.05, 0.1) is 23.3 Å². The van der Waals surface area contributed by atoms with Crippen LogP contribution in [0, 0.1) is 0 Å². The van der Waals surface area contributed by atoms with E-state index in [4.69, 9.17) is 0 Å². The quantitative estimate of drug-likeness (QED) is 0.683. The molecule has 2 aromatic heterocycles. The largest absolute Gasteiger partial charge is 0.350 e. The first-order valence-corrected chi connectivity index (χ1v) is 10.2. The summed E-state index contributed by atoms with van der Waals surface area (Å²) in [4.78, 5) is 29.7. The van der Waals surface area contributed by atoms with Crippen LogP contribution in [0.1, 0.15) is 44.1 Å². The number of aromatic nitrogens is 4. The first-order chi connectivity index (χ1) is 13.7. The van der Waals surface area contributed by atoms with E-state index in [0.29, 0.717) is 19.6 Å². The van der Waals surface area contributed by atoms with Crippen LogP contribution in [0.5, 0.6) is 0 Å². The second kappa shape index (κ2) is 8.04. The van der Waals surface area contributed by atoms with Gasteiger partial charge in [-0.1, -0.05) is 19.1 Å². The molecule has 3 heterocycles. The Kier molecular flexibility index (Phi) is 5.32. The number of benzene rings is 1. The lowest BCUT2D eigenvalue weighted by atomic mass is 10.2. The van der Waals surface area contributed by atoms with Gasteiger partial charge >= 0.3 is 5.69 Å². The van der Waals surface area contributed by atoms with Crippen LogP contribution in [0.2, 0.25) is 0 Å². The van der Waals surface area contributed by atoms with E-state index in [1.165, 1.54) is 12.8 Å². The number of rotatable bonds is 7. The molecular formula is C21H27N5O2. The molecule has 0 bridgehead atoms. The molecule has 0 atom stereocenters. The van der Waals surface area contributed by atoms with E-state index >= 15 is 0 Å². The van der Waals surface area contributed by atoms with Crippen LogP contribution < -0.4 is 11.0 Å². The minimum Gasteiger partial charge on any atom is -0.350 e. The topological polar surface area (TPSA) is 73.8 Å². The fourth-order valence-corrected chi connectivity index (χ4v) is 3.98. The van der Waals surface area contributed by atoms with Gasteiger partial charge in [0, 0.05) is 38.7 Å². The van der Waals surface area contributed by atoms with Gasteiger partial charge in [0.25, 0.3) is 0 Å². The maximum absolute atomic E-state index is 12.8. The fourth-order valence-electron chi connectivity index (χ4n) is 3.98. The molecule has 0 aliphatic carbocycles. The van der Waals surface area contributed by atoms with Crippen LogP contribution in [-0.2, 0) is 37.4 Å². The second-order valence-corrected chi connectivity index (χ2v) is 7.40. The summed E-state index contributed by atoms with van der Waals surface area (Å²) < 4.78 is 5.69. The van der Waals surface area contributed by atoms with Crippen LogP contribution in [-0.4, -0.2) is 24.6 Å². The number of fused-ring (bicyclic) bond motifs is 2. The Labute approximate surface area is 164 Å². The average Bonchev–Trinajstić information content (AvgIpc) is 3.24. The predicted octanol–water partition coefficient (Wildman–Crippen LogP) is 2.45. The smallest absolute Gasteiger partial charge is 0.329 e. The highest BCUT2D eigenvalue weighted by molar-refractivity contribution is 5.78. The van der Waals surface area contributed by atoms with Gasteiger partial charge < -0.3 is 9.88 Å². The van der Waals surface area contributed by atoms with E-state index in [1.54, 1.807) is 9.13 Å². The molecule has 0 saturated carbocycles. The number of hydrogen-bond acceptors (Lipinski definition) is 3. The summed E-state index contributed by atoms with van der Waals surface area (Å²) in [7, 11) is 0. The van der Waals surface area contributed by atoms with Gasteiger partial charge in [0.15, 0.2) is 0 Å². The highest BCUT2D eigenvalue weighted by Gasteiger charge is 2.15. The number of aryl methyl sites for hydroxylation is 4. The molecule has 0 radical (unpaired) electrons. The average molecular weight is 381 g/mol.